The highest BCUT2D eigenvalue weighted by molar-refractivity contribution is 6.29. The van der Waals surface area contributed by atoms with Crippen molar-refractivity contribution in [3.05, 3.63) is 58.5 Å². The molecule has 1 N–H and O–H groups in total. The Hall–Kier alpha value is -1.78. The van der Waals surface area contributed by atoms with E-state index in [-0.39, 0.29) is 16.9 Å². The molecule has 0 bridgehead atoms. The van der Waals surface area contributed by atoms with Crippen LogP contribution in [0, 0.1) is 0 Å². The standard InChI is InChI=1S/C18H21ClN2O2/c19-17-9-8-16(23-17)18(22)20-12-14-4-6-15(7-5-14)13-21-10-2-1-3-11-21/h4-9H,1-3,10-13H2,(H,20,22). The SMILES string of the molecule is O=C(NCc1ccc(CN2CCCCC2)cc1)c1ccc(Cl)o1. The lowest BCUT2D eigenvalue weighted by Crippen LogP contribution is -2.29. The molecule has 0 saturated carbocycles. The zero-order chi connectivity index (χ0) is 16.1. The van der Waals surface area contributed by atoms with Crippen LogP contribution < -0.4 is 5.32 Å². The lowest BCUT2D eigenvalue weighted by Gasteiger charge is -2.26. The number of amides is 1. The second kappa shape index (κ2) is 7.66. The van der Waals surface area contributed by atoms with Gasteiger partial charge in [0.2, 0.25) is 0 Å². The molecule has 1 aromatic carbocycles. The first-order valence-electron chi connectivity index (χ1n) is 8.04. The third-order valence-corrected chi connectivity index (χ3v) is 4.33. The molecule has 2 aromatic rings. The number of furan rings is 1. The summed E-state index contributed by atoms with van der Waals surface area (Å²) < 4.78 is 5.09. The molecule has 4 nitrogen and oxygen atoms in total. The van der Waals surface area contributed by atoms with Gasteiger partial charge in [-0.3, -0.25) is 9.69 Å². The van der Waals surface area contributed by atoms with Gasteiger partial charge in [0.25, 0.3) is 5.91 Å². The van der Waals surface area contributed by atoms with Gasteiger partial charge < -0.3 is 9.73 Å². The average Bonchev–Trinajstić information content (AvgIpc) is 3.01. The van der Waals surface area contributed by atoms with Crippen molar-refractivity contribution in [1.82, 2.24) is 10.2 Å². The predicted octanol–water partition coefficient (Wildman–Crippen LogP) is 3.85. The van der Waals surface area contributed by atoms with Crippen molar-refractivity contribution in [1.29, 1.82) is 0 Å². The summed E-state index contributed by atoms with van der Waals surface area (Å²) in [5.41, 5.74) is 2.39. The molecule has 3 rings (SSSR count). The first-order chi connectivity index (χ1) is 11.2. The molecule has 1 aromatic heterocycles. The van der Waals surface area contributed by atoms with Gasteiger partial charge in [-0.05, 0) is 60.8 Å². The van der Waals surface area contributed by atoms with E-state index in [4.69, 9.17) is 16.0 Å². The fourth-order valence-corrected chi connectivity index (χ4v) is 2.99. The van der Waals surface area contributed by atoms with E-state index in [1.54, 1.807) is 12.1 Å². The molecule has 0 unspecified atom stereocenters. The molecule has 23 heavy (non-hydrogen) atoms. The second-order valence-corrected chi connectivity index (χ2v) is 6.31. The fourth-order valence-electron chi connectivity index (χ4n) is 2.84. The average molecular weight is 333 g/mol. The van der Waals surface area contributed by atoms with Crippen molar-refractivity contribution in [2.24, 2.45) is 0 Å². The lowest BCUT2D eigenvalue weighted by atomic mass is 10.1. The topological polar surface area (TPSA) is 45.5 Å². The second-order valence-electron chi connectivity index (χ2n) is 5.94. The maximum atomic E-state index is 11.9. The third-order valence-electron chi connectivity index (χ3n) is 4.13. The number of piperidine rings is 1. The normalized spacial score (nSPS) is 15.5. The number of nitrogens with one attached hydrogen (secondary N) is 1. The number of hydrogen-bond acceptors (Lipinski definition) is 3. The van der Waals surface area contributed by atoms with E-state index in [2.05, 4.69) is 34.5 Å². The Kier molecular flexibility index (Phi) is 5.36. The van der Waals surface area contributed by atoms with Crippen molar-refractivity contribution in [3.63, 3.8) is 0 Å². The fraction of sp³-hybridized carbons (Fsp3) is 0.389. The van der Waals surface area contributed by atoms with Crippen molar-refractivity contribution < 1.29 is 9.21 Å². The van der Waals surface area contributed by atoms with E-state index < -0.39 is 0 Å². The van der Waals surface area contributed by atoms with Crippen LogP contribution in [0.15, 0.2) is 40.8 Å². The number of halogens is 1. The summed E-state index contributed by atoms with van der Waals surface area (Å²) in [7, 11) is 0. The quantitative estimate of drug-likeness (QED) is 0.904. The number of benzene rings is 1. The molecule has 122 valence electrons. The minimum Gasteiger partial charge on any atom is -0.440 e. The Labute approximate surface area is 141 Å². The van der Waals surface area contributed by atoms with Gasteiger partial charge in [-0.15, -0.1) is 0 Å². The molecule has 2 heterocycles. The third kappa shape index (κ3) is 4.60. The van der Waals surface area contributed by atoms with Crippen LogP contribution in [0.4, 0.5) is 0 Å². The molecule has 0 radical (unpaired) electrons. The largest absolute Gasteiger partial charge is 0.440 e. The van der Waals surface area contributed by atoms with Crippen molar-refractivity contribution in [2.75, 3.05) is 13.1 Å². The summed E-state index contributed by atoms with van der Waals surface area (Å²) in [6.45, 7) is 3.88. The molecule has 1 aliphatic rings. The zero-order valence-corrected chi connectivity index (χ0v) is 13.8. The molecule has 1 saturated heterocycles. The number of carbonyl (C=O) groups excluding carboxylic acids is 1. The van der Waals surface area contributed by atoms with Gasteiger partial charge in [0.05, 0.1) is 0 Å². The Morgan fingerprint density at radius 3 is 2.39 bits per heavy atom. The molecule has 1 fully saturated rings. The van der Waals surface area contributed by atoms with Gasteiger partial charge in [-0.2, -0.15) is 0 Å². The van der Waals surface area contributed by atoms with Gasteiger partial charge in [-0.25, -0.2) is 0 Å². The van der Waals surface area contributed by atoms with Crippen LogP contribution in [-0.4, -0.2) is 23.9 Å². The summed E-state index contributed by atoms with van der Waals surface area (Å²) in [6.07, 6.45) is 3.97. The van der Waals surface area contributed by atoms with E-state index in [9.17, 15) is 4.79 Å². The van der Waals surface area contributed by atoms with E-state index in [1.807, 2.05) is 0 Å². The van der Waals surface area contributed by atoms with Crippen LogP contribution in [0.2, 0.25) is 5.22 Å². The summed E-state index contributed by atoms with van der Waals surface area (Å²) in [4.78, 5) is 14.4. The molecule has 5 heteroatoms. The minimum absolute atomic E-state index is 0.220. The van der Waals surface area contributed by atoms with Crippen LogP contribution in [0.25, 0.3) is 0 Å². The monoisotopic (exact) mass is 332 g/mol. The Morgan fingerprint density at radius 2 is 1.74 bits per heavy atom. The minimum atomic E-state index is -0.255. The van der Waals surface area contributed by atoms with Gasteiger partial charge >= 0.3 is 0 Å². The Balaban J connectivity index is 1.50. The number of nitrogens with zero attached hydrogens (tertiary/aromatic N) is 1. The molecule has 1 amide bonds. The Morgan fingerprint density at radius 1 is 1.04 bits per heavy atom. The van der Waals surface area contributed by atoms with Crippen molar-refractivity contribution in [2.45, 2.75) is 32.4 Å². The summed E-state index contributed by atoms with van der Waals surface area (Å²) in [5.74, 6) is -0.0222. The van der Waals surface area contributed by atoms with Gasteiger partial charge in [0, 0.05) is 13.1 Å². The highest BCUT2D eigenvalue weighted by Crippen LogP contribution is 2.15. The molecule has 0 atom stereocenters. The number of rotatable bonds is 5. The van der Waals surface area contributed by atoms with E-state index in [0.29, 0.717) is 6.54 Å². The van der Waals surface area contributed by atoms with Crippen LogP contribution in [0.1, 0.15) is 40.9 Å². The van der Waals surface area contributed by atoms with E-state index >= 15 is 0 Å². The first-order valence-corrected chi connectivity index (χ1v) is 8.42. The highest BCUT2D eigenvalue weighted by atomic mass is 35.5. The van der Waals surface area contributed by atoms with Crippen LogP contribution >= 0.6 is 11.6 Å². The van der Waals surface area contributed by atoms with E-state index in [0.717, 1.165) is 12.1 Å². The molecule has 0 aliphatic carbocycles. The zero-order valence-electron chi connectivity index (χ0n) is 13.1. The lowest BCUT2D eigenvalue weighted by molar-refractivity contribution is 0.0923. The van der Waals surface area contributed by atoms with Gasteiger partial charge in [-0.1, -0.05) is 30.7 Å². The maximum Gasteiger partial charge on any atom is 0.287 e. The summed E-state index contributed by atoms with van der Waals surface area (Å²) in [6, 6.07) is 11.5. The highest BCUT2D eigenvalue weighted by Gasteiger charge is 2.11. The summed E-state index contributed by atoms with van der Waals surface area (Å²) >= 11 is 5.67. The van der Waals surface area contributed by atoms with Gasteiger partial charge in [0.15, 0.2) is 11.0 Å². The van der Waals surface area contributed by atoms with Crippen molar-refractivity contribution in [3.8, 4) is 0 Å². The van der Waals surface area contributed by atoms with Crippen LogP contribution in [0.3, 0.4) is 0 Å². The summed E-state index contributed by atoms with van der Waals surface area (Å²) in [5, 5.41) is 3.05. The van der Waals surface area contributed by atoms with Crippen LogP contribution in [-0.2, 0) is 13.1 Å². The number of carbonyl (C=O) groups is 1. The molecule has 0 spiro atoms. The number of likely N-dealkylation sites (tertiary alicyclic amines) is 1. The molecular weight excluding hydrogens is 312 g/mol. The molecular formula is C18H21ClN2O2. The maximum absolute atomic E-state index is 11.9. The van der Waals surface area contributed by atoms with E-state index in [1.165, 1.54) is 37.9 Å². The Bertz CT molecular complexity index is 645. The van der Waals surface area contributed by atoms with Gasteiger partial charge in [0.1, 0.15) is 0 Å². The smallest absolute Gasteiger partial charge is 0.287 e. The molecule has 1 aliphatic heterocycles. The van der Waals surface area contributed by atoms with Crippen LogP contribution in [0.5, 0.6) is 0 Å². The van der Waals surface area contributed by atoms with Crippen molar-refractivity contribution >= 4 is 17.5 Å². The first kappa shape index (κ1) is 16.1. The predicted molar refractivity (Wildman–Crippen MR) is 90.5 cm³/mol. The number of hydrogen-bond donors (Lipinski definition) is 1.